The van der Waals surface area contributed by atoms with E-state index in [1.807, 2.05) is 20.8 Å². The second-order valence-corrected chi connectivity index (χ2v) is 5.19. The van der Waals surface area contributed by atoms with Crippen molar-refractivity contribution in [1.82, 2.24) is 5.32 Å². The highest BCUT2D eigenvalue weighted by Gasteiger charge is 2.12. The second-order valence-electron chi connectivity index (χ2n) is 5.19. The molecular weight excluding hydrogens is 236 g/mol. The smallest absolute Gasteiger partial charge is 0.191 e. The first-order chi connectivity index (χ1) is 8.29. The number of hydrogen-bond donors (Lipinski definition) is 1. The van der Waals surface area contributed by atoms with Gasteiger partial charge in [0.1, 0.15) is 6.61 Å². The maximum Gasteiger partial charge on any atom is 0.191 e. The van der Waals surface area contributed by atoms with Crippen molar-refractivity contribution in [2.24, 2.45) is 0 Å². The van der Waals surface area contributed by atoms with Crippen molar-refractivity contribution < 1.29 is 13.5 Å². The summed E-state index contributed by atoms with van der Waals surface area (Å²) in [7, 11) is 0. The quantitative estimate of drug-likeness (QED) is 0.815. The average Bonchev–Trinajstić information content (AvgIpc) is 2.25. The third-order valence-electron chi connectivity index (χ3n) is 2.21. The average molecular weight is 255 g/mol. The van der Waals surface area contributed by atoms with Crippen LogP contribution >= 0.6 is 0 Å². The minimum Gasteiger partial charge on any atom is -0.483 e. The standard InChI is InChI=1S/C14H19F2NO/c1-10(8-17-14(2,3)4)9-18-13-11(15)6-5-7-12(13)16/h5-7,17H,1,8-9H2,2-4H3. The summed E-state index contributed by atoms with van der Waals surface area (Å²) in [5.41, 5.74) is 0.694. The lowest BCUT2D eigenvalue weighted by Crippen LogP contribution is -2.37. The van der Waals surface area contributed by atoms with E-state index in [4.69, 9.17) is 4.74 Å². The van der Waals surface area contributed by atoms with E-state index in [9.17, 15) is 8.78 Å². The molecule has 2 nitrogen and oxygen atoms in total. The van der Waals surface area contributed by atoms with Crippen molar-refractivity contribution >= 4 is 0 Å². The molecule has 1 rings (SSSR count). The summed E-state index contributed by atoms with van der Waals surface area (Å²) in [6.45, 7) is 10.5. The Labute approximate surface area is 107 Å². The molecule has 18 heavy (non-hydrogen) atoms. The number of para-hydroxylation sites is 1. The molecule has 0 aliphatic heterocycles. The van der Waals surface area contributed by atoms with Gasteiger partial charge in [-0.25, -0.2) is 8.78 Å². The molecule has 0 heterocycles. The highest BCUT2D eigenvalue weighted by Crippen LogP contribution is 2.21. The van der Waals surface area contributed by atoms with Crippen LogP contribution in [0.5, 0.6) is 5.75 Å². The van der Waals surface area contributed by atoms with Crippen molar-refractivity contribution in [1.29, 1.82) is 0 Å². The molecule has 0 aliphatic rings. The Kier molecular flexibility index (Phi) is 4.84. The van der Waals surface area contributed by atoms with Crippen LogP contribution in [0.2, 0.25) is 0 Å². The van der Waals surface area contributed by atoms with Crippen LogP contribution in [0.1, 0.15) is 20.8 Å². The molecule has 0 amide bonds. The molecule has 0 radical (unpaired) electrons. The molecule has 100 valence electrons. The van der Waals surface area contributed by atoms with E-state index >= 15 is 0 Å². The van der Waals surface area contributed by atoms with Crippen molar-refractivity contribution in [2.45, 2.75) is 26.3 Å². The van der Waals surface area contributed by atoms with Crippen LogP contribution in [0.4, 0.5) is 8.78 Å². The molecule has 0 saturated heterocycles. The fraction of sp³-hybridized carbons (Fsp3) is 0.429. The topological polar surface area (TPSA) is 21.3 Å². The highest BCUT2D eigenvalue weighted by atomic mass is 19.1. The third kappa shape index (κ3) is 4.84. The van der Waals surface area contributed by atoms with Gasteiger partial charge in [0.2, 0.25) is 0 Å². The van der Waals surface area contributed by atoms with E-state index in [1.54, 1.807) is 0 Å². The Morgan fingerprint density at radius 2 is 1.83 bits per heavy atom. The van der Waals surface area contributed by atoms with E-state index in [-0.39, 0.29) is 17.9 Å². The van der Waals surface area contributed by atoms with Crippen LogP contribution in [0.15, 0.2) is 30.4 Å². The lowest BCUT2D eigenvalue weighted by atomic mass is 10.1. The Morgan fingerprint density at radius 3 is 2.33 bits per heavy atom. The van der Waals surface area contributed by atoms with Gasteiger partial charge in [-0.3, -0.25) is 0 Å². The molecule has 0 fully saturated rings. The lowest BCUT2D eigenvalue weighted by Gasteiger charge is -2.21. The Bertz CT molecular complexity index is 404. The molecule has 1 N–H and O–H groups in total. The molecule has 0 spiro atoms. The molecule has 0 saturated carbocycles. The minimum absolute atomic E-state index is 0.0355. The van der Waals surface area contributed by atoms with Gasteiger partial charge in [0.15, 0.2) is 17.4 Å². The lowest BCUT2D eigenvalue weighted by molar-refractivity contribution is 0.306. The Morgan fingerprint density at radius 1 is 1.28 bits per heavy atom. The second kappa shape index (κ2) is 5.96. The van der Waals surface area contributed by atoms with Crippen molar-refractivity contribution in [2.75, 3.05) is 13.2 Å². The van der Waals surface area contributed by atoms with Gasteiger partial charge in [0.25, 0.3) is 0 Å². The Balaban J connectivity index is 2.48. The molecule has 0 aromatic heterocycles. The van der Waals surface area contributed by atoms with Crippen LogP contribution in [0, 0.1) is 11.6 Å². The van der Waals surface area contributed by atoms with Crippen LogP contribution < -0.4 is 10.1 Å². The fourth-order valence-corrected chi connectivity index (χ4v) is 1.24. The maximum atomic E-state index is 13.3. The van der Waals surface area contributed by atoms with Crippen molar-refractivity contribution in [3.63, 3.8) is 0 Å². The van der Waals surface area contributed by atoms with Gasteiger partial charge < -0.3 is 10.1 Å². The third-order valence-corrected chi connectivity index (χ3v) is 2.21. The number of halogens is 2. The van der Waals surface area contributed by atoms with Gasteiger partial charge in [-0.15, -0.1) is 0 Å². The SMILES string of the molecule is C=C(CNC(C)(C)C)COc1c(F)cccc1F. The molecule has 0 aliphatic carbocycles. The number of ether oxygens (including phenoxy) is 1. The summed E-state index contributed by atoms with van der Waals surface area (Å²) in [5.74, 6) is -1.76. The number of rotatable bonds is 5. The molecule has 4 heteroatoms. The predicted molar refractivity (Wildman–Crippen MR) is 68.7 cm³/mol. The molecular formula is C14H19F2NO. The molecule has 0 atom stereocenters. The Hall–Kier alpha value is -1.42. The zero-order chi connectivity index (χ0) is 13.8. The van der Waals surface area contributed by atoms with Crippen LogP contribution in [0.3, 0.4) is 0 Å². The predicted octanol–water partition coefficient (Wildman–Crippen LogP) is 3.29. The van der Waals surface area contributed by atoms with E-state index in [0.29, 0.717) is 6.54 Å². The summed E-state index contributed by atoms with van der Waals surface area (Å²) >= 11 is 0. The van der Waals surface area contributed by atoms with Crippen LogP contribution in [-0.2, 0) is 0 Å². The largest absolute Gasteiger partial charge is 0.483 e. The number of benzene rings is 1. The minimum atomic E-state index is -0.702. The molecule has 1 aromatic carbocycles. The van der Waals surface area contributed by atoms with E-state index in [0.717, 1.165) is 17.7 Å². The summed E-state index contributed by atoms with van der Waals surface area (Å²) in [4.78, 5) is 0. The zero-order valence-corrected chi connectivity index (χ0v) is 11.0. The fourth-order valence-electron chi connectivity index (χ4n) is 1.24. The zero-order valence-electron chi connectivity index (χ0n) is 11.0. The van der Waals surface area contributed by atoms with Crippen LogP contribution in [-0.4, -0.2) is 18.7 Å². The van der Waals surface area contributed by atoms with E-state index in [2.05, 4.69) is 11.9 Å². The highest BCUT2D eigenvalue weighted by molar-refractivity contribution is 5.26. The molecule has 0 bridgehead atoms. The summed E-state index contributed by atoms with van der Waals surface area (Å²) in [5, 5.41) is 3.22. The van der Waals surface area contributed by atoms with Crippen molar-refractivity contribution in [3.05, 3.63) is 42.0 Å². The summed E-state index contributed by atoms with van der Waals surface area (Å²) in [6.07, 6.45) is 0. The van der Waals surface area contributed by atoms with E-state index in [1.165, 1.54) is 6.07 Å². The first-order valence-electron chi connectivity index (χ1n) is 5.78. The number of hydrogen-bond acceptors (Lipinski definition) is 2. The molecule has 0 unspecified atom stereocenters. The number of nitrogens with one attached hydrogen (secondary N) is 1. The summed E-state index contributed by atoms with van der Waals surface area (Å²) in [6, 6.07) is 3.62. The van der Waals surface area contributed by atoms with Crippen molar-refractivity contribution in [3.8, 4) is 5.75 Å². The normalized spacial score (nSPS) is 11.4. The van der Waals surface area contributed by atoms with E-state index < -0.39 is 11.6 Å². The van der Waals surface area contributed by atoms with Gasteiger partial charge in [-0.05, 0) is 38.5 Å². The van der Waals surface area contributed by atoms with Gasteiger partial charge in [0, 0.05) is 12.1 Å². The van der Waals surface area contributed by atoms with Crippen LogP contribution in [0.25, 0.3) is 0 Å². The first kappa shape index (κ1) is 14.6. The van der Waals surface area contributed by atoms with Gasteiger partial charge in [-0.1, -0.05) is 12.6 Å². The molecule has 1 aromatic rings. The monoisotopic (exact) mass is 255 g/mol. The summed E-state index contributed by atoms with van der Waals surface area (Å²) < 4.78 is 31.6. The van der Waals surface area contributed by atoms with Gasteiger partial charge >= 0.3 is 0 Å². The maximum absolute atomic E-state index is 13.3. The first-order valence-corrected chi connectivity index (χ1v) is 5.78. The van der Waals surface area contributed by atoms with Gasteiger partial charge in [-0.2, -0.15) is 0 Å². The van der Waals surface area contributed by atoms with Gasteiger partial charge in [0.05, 0.1) is 0 Å².